The van der Waals surface area contributed by atoms with Crippen molar-refractivity contribution < 1.29 is 0 Å². The van der Waals surface area contributed by atoms with Crippen molar-refractivity contribution in [2.45, 2.75) is 13.0 Å². The standard InChI is InChI=1S/C10H11ClN4S/c1-6(12-2)9-14-15-10(16-9)8-4-3-7(11)5-13-8/h3-6,12H,1-2H3. The quantitative estimate of drug-likeness (QED) is 0.915. The van der Waals surface area contributed by atoms with E-state index in [1.54, 1.807) is 12.3 Å². The second-order valence-corrected chi connectivity index (χ2v) is 4.76. The van der Waals surface area contributed by atoms with Crippen LogP contribution in [0.4, 0.5) is 0 Å². The topological polar surface area (TPSA) is 50.7 Å². The van der Waals surface area contributed by atoms with Gasteiger partial charge in [-0.3, -0.25) is 4.98 Å². The molecule has 16 heavy (non-hydrogen) atoms. The third kappa shape index (κ3) is 2.37. The van der Waals surface area contributed by atoms with Gasteiger partial charge in [-0.2, -0.15) is 0 Å². The zero-order valence-electron chi connectivity index (χ0n) is 8.94. The van der Waals surface area contributed by atoms with E-state index >= 15 is 0 Å². The Labute approximate surface area is 103 Å². The average molecular weight is 255 g/mol. The average Bonchev–Trinajstić information content (AvgIpc) is 2.78. The van der Waals surface area contributed by atoms with Gasteiger partial charge in [0.25, 0.3) is 0 Å². The van der Waals surface area contributed by atoms with Gasteiger partial charge >= 0.3 is 0 Å². The Bertz CT molecular complexity index is 468. The van der Waals surface area contributed by atoms with E-state index in [1.165, 1.54) is 11.3 Å². The van der Waals surface area contributed by atoms with Crippen LogP contribution >= 0.6 is 22.9 Å². The van der Waals surface area contributed by atoms with Gasteiger partial charge in [0.15, 0.2) is 5.01 Å². The van der Waals surface area contributed by atoms with Crippen LogP contribution < -0.4 is 5.32 Å². The number of pyridine rings is 1. The van der Waals surface area contributed by atoms with Crippen molar-refractivity contribution in [1.29, 1.82) is 0 Å². The lowest BCUT2D eigenvalue weighted by Gasteiger charge is -2.02. The highest BCUT2D eigenvalue weighted by molar-refractivity contribution is 7.14. The Morgan fingerprint density at radius 2 is 2.19 bits per heavy atom. The van der Waals surface area contributed by atoms with Gasteiger partial charge in [0.05, 0.1) is 11.1 Å². The molecule has 0 aliphatic carbocycles. The summed E-state index contributed by atoms with van der Waals surface area (Å²) in [6.45, 7) is 2.04. The zero-order chi connectivity index (χ0) is 11.5. The first kappa shape index (κ1) is 11.4. The Morgan fingerprint density at radius 1 is 1.38 bits per heavy atom. The first-order chi connectivity index (χ1) is 7.70. The van der Waals surface area contributed by atoms with Crippen molar-refractivity contribution in [1.82, 2.24) is 20.5 Å². The van der Waals surface area contributed by atoms with Crippen molar-refractivity contribution in [3.8, 4) is 10.7 Å². The van der Waals surface area contributed by atoms with E-state index < -0.39 is 0 Å². The fourth-order valence-electron chi connectivity index (χ4n) is 1.14. The first-order valence-corrected chi connectivity index (χ1v) is 6.02. The molecule has 0 radical (unpaired) electrons. The number of nitrogens with zero attached hydrogens (tertiary/aromatic N) is 3. The molecule has 2 aromatic rings. The third-order valence-electron chi connectivity index (χ3n) is 2.19. The first-order valence-electron chi connectivity index (χ1n) is 4.83. The molecule has 6 heteroatoms. The molecule has 4 nitrogen and oxygen atoms in total. The lowest BCUT2D eigenvalue weighted by molar-refractivity contribution is 0.640. The van der Waals surface area contributed by atoms with E-state index in [0.717, 1.165) is 15.7 Å². The minimum absolute atomic E-state index is 0.207. The van der Waals surface area contributed by atoms with Crippen LogP contribution in [0.3, 0.4) is 0 Å². The van der Waals surface area contributed by atoms with Crippen molar-refractivity contribution in [3.05, 3.63) is 28.4 Å². The molecule has 0 saturated carbocycles. The van der Waals surface area contributed by atoms with Crippen LogP contribution in [0.1, 0.15) is 18.0 Å². The Balaban J connectivity index is 2.28. The van der Waals surface area contributed by atoms with Gasteiger partial charge in [-0.25, -0.2) is 0 Å². The number of halogens is 1. The third-order valence-corrected chi connectivity index (χ3v) is 3.54. The predicted molar refractivity (Wildman–Crippen MR) is 65.6 cm³/mol. The van der Waals surface area contributed by atoms with Gasteiger partial charge in [0, 0.05) is 6.20 Å². The number of nitrogens with one attached hydrogen (secondary N) is 1. The Morgan fingerprint density at radius 3 is 2.81 bits per heavy atom. The second kappa shape index (κ2) is 4.86. The summed E-state index contributed by atoms with van der Waals surface area (Å²) in [7, 11) is 1.90. The monoisotopic (exact) mass is 254 g/mol. The van der Waals surface area contributed by atoms with Gasteiger partial charge in [0.1, 0.15) is 10.7 Å². The van der Waals surface area contributed by atoms with Crippen LogP contribution in [0.5, 0.6) is 0 Å². The maximum absolute atomic E-state index is 5.77. The minimum atomic E-state index is 0.207. The molecule has 1 unspecified atom stereocenters. The molecule has 1 atom stereocenters. The summed E-state index contributed by atoms with van der Waals surface area (Å²) in [5.41, 5.74) is 0.802. The van der Waals surface area contributed by atoms with Crippen molar-refractivity contribution in [2.24, 2.45) is 0 Å². The summed E-state index contributed by atoms with van der Waals surface area (Å²) in [5.74, 6) is 0. The fourth-order valence-corrected chi connectivity index (χ4v) is 2.13. The molecule has 0 fully saturated rings. The van der Waals surface area contributed by atoms with E-state index in [0.29, 0.717) is 5.02 Å². The van der Waals surface area contributed by atoms with Crippen molar-refractivity contribution in [3.63, 3.8) is 0 Å². The van der Waals surface area contributed by atoms with Crippen LogP contribution in [-0.2, 0) is 0 Å². The van der Waals surface area contributed by atoms with E-state index in [1.807, 2.05) is 20.0 Å². The fraction of sp³-hybridized carbons (Fsp3) is 0.300. The summed E-state index contributed by atoms with van der Waals surface area (Å²) in [6.07, 6.45) is 1.61. The zero-order valence-corrected chi connectivity index (χ0v) is 10.5. The van der Waals surface area contributed by atoms with Crippen LogP contribution in [-0.4, -0.2) is 22.2 Å². The number of hydrogen-bond donors (Lipinski definition) is 1. The highest BCUT2D eigenvalue weighted by atomic mass is 35.5. The van der Waals surface area contributed by atoms with Crippen molar-refractivity contribution in [2.75, 3.05) is 7.05 Å². The molecule has 0 bridgehead atoms. The summed E-state index contributed by atoms with van der Waals surface area (Å²) in [4.78, 5) is 4.20. The molecule has 0 amide bonds. The van der Waals surface area contributed by atoms with Crippen LogP contribution in [0, 0.1) is 0 Å². The lowest BCUT2D eigenvalue weighted by atomic mass is 10.4. The molecule has 0 aliphatic rings. The SMILES string of the molecule is CNC(C)c1nnc(-c2ccc(Cl)cn2)s1. The smallest absolute Gasteiger partial charge is 0.166 e. The molecular weight excluding hydrogens is 244 g/mol. The lowest BCUT2D eigenvalue weighted by Crippen LogP contribution is -2.11. The summed E-state index contributed by atoms with van der Waals surface area (Å²) < 4.78 is 0. The normalized spacial score (nSPS) is 12.7. The maximum atomic E-state index is 5.77. The van der Waals surface area contributed by atoms with Crippen LogP contribution in [0.25, 0.3) is 10.7 Å². The minimum Gasteiger partial charge on any atom is -0.311 e. The van der Waals surface area contributed by atoms with Gasteiger partial charge in [-0.05, 0) is 26.1 Å². The van der Waals surface area contributed by atoms with Crippen molar-refractivity contribution >= 4 is 22.9 Å². The molecule has 0 aliphatic heterocycles. The largest absolute Gasteiger partial charge is 0.311 e. The molecule has 0 saturated heterocycles. The van der Waals surface area contributed by atoms with Crippen LogP contribution in [0.2, 0.25) is 5.02 Å². The molecule has 84 valence electrons. The molecule has 2 heterocycles. The number of rotatable bonds is 3. The predicted octanol–water partition coefficient (Wildman–Crippen LogP) is 2.53. The van der Waals surface area contributed by atoms with E-state index in [-0.39, 0.29) is 6.04 Å². The van der Waals surface area contributed by atoms with E-state index in [2.05, 4.69) is 20.5 Å². The van der Waals surface area contributed by atoms with Gasteiger partial charge < -0.3 is 5.32 Å². The maximum Gasteiger partial charge on any atom is 0.166 e. The van der Waals surface area contributed by atoms with E-state index in [4.69, 9.17) is 11.6 Å². The molecule has 2 aromatic heterocycles. The number of aromatic nitrogens is 3. The molecule has 0 spiro atoms. The molecule has 1 N–H and O–H groups in total. The number of hydrogen-bond acceptors (Lipinski definition) is 5. The Kier molecular flexibility index (Phi) is 3.48. The van der Waals surface area contributed by atoms with Gasteiger partial charge in [-0.15, -0.1) is 10.2 Å². The summed E-state index contributed by atoms with van der Waals surface area (Å²) in [5, 5.41) is 13.7. The van der Waals surface area contributed by atoms with E-state index in [9.17, 15) is 0 Å². The highest BCUT2D eigenvalue weighted by Crippen LogP contribution is 2.25. The molecular formula is C10H11ClN4S. The van der Waals surface area contributed by atoms with Gasteiger partial charge in [0.2, 0.25) is 0 Å². The molecule has 2 rings (SSSR count). The highest BCUT2D eigenvalue weighted by Gasteiger charge is 2.11. The second-order valence-electron chi connectivity index (χ2n) is 3.32. The summed E-state index contributed by atoms with van der Waals surface area (Å²) >= 11 is 7.31. The summed E-state index contributed by atoms with van der Waals surface area (Å²) in [6, 6.07) is 3.85. The van der Waals surface area contributed by atoms with Crippen LogP contribution in [0.15, 0.2) is 18.3 Å². The van der Waals surface area contributed by atoms with Gasteiger partial charge in [-0.1, -0.05) is 22.9 Å². The molecule has 0 aromatic carbocycles. The Hall–Kier alpha value is -1.04.